The van der Waals surface area contributed by atoms with Gasteiger partial charge in [-0.15, -0.1) is 0 Å². The van der Waals surface area contributed by atoms with Gasteiger partial charge in [-0.1, -0.05) is 36.4 Å². The molecule has 1 unspecified atom stereocenters. The molecule has 0 spiro atoms. The molecule has 8 nitrogen and oxygen atoms in total. The number of amides is 1. The lowest BCUT2D eigenvalue weighted by Crippen LogP contribution is -2.30. The van der Waals surface area contributed by atoms with E-state index in [2.05, 4.69) is 21.5 Å². The molecule has 162 valence electrons. The van der Waals surface area contributed by atoms with Gasteiger partial charge in [-0.25, -0.2) is 4.68 Å². The van der Waals surface area contributed by atoms with E-state index >= 15 is 0 Å². The number of hydrogen-bond donors (Lipinski definition) is 3. The molecule has 0 aliphatic carbocycles. The van der Waals surface area contributed by atoms with Crippen LogP contribution >= 0.6 is 0 Å². The minimum atomic E-state index is -0.652. The normalized spacial score (nSPS) is 11.4. The average molecular weight is 436 g/mol. The van der Waals surface area contributed by atoms with E-state index < -0.39 is 11.9 Å². The summed E-state index contributed by atoms with van der Waals surface area (Å²) in [5.41, 5.74) is 2.69. The van der Waals surface area contributed by atoms with E-state index in [1.807, 2.05) is 0 Å². The fourth-order valence-electron chi connectivity index (χ4n) is 3.47. The van der Waals surface area contributed by atoms with E-state index in [0.29, 0.717) is 22.4 Å². The summed E-state index contributed by atoms with van der Waals surface area (Å²) in [6, 6.07) is 18.6. The van der Waals surface area contributed by atoms with Gasteiger partial charge in [-0.05, 0) is 24.3 Å². The Morgan fingerprint density at radius 3 is 2.64 bits per heavy atom. The fraction of sp³-hybridized carbons (Fsp3) is 0.0800. The third-order valence-corrected chi connectivity index (χ3v) is 5.15. The van der Waals surface area contributed by atoms with Crippen LogP contribution < -0.4 is 5.32 Å². The first-order chi connectivity index (χ1) is 16.1. The highest BCUT2D eigenvalue weighted by molar-refractivity contribution is 5.99. The Kier molecular flexibility index (Phi) is 6.23. The standard InChI is InChI=1S/C25H20N6O2/c26-13-17-6-1-3-9-23(17)31-16-19(15-29-31)25(33)30-22(20-8-2-4-10-24(20)32)12-21(27)18-7-5-11-28-14-18/h1-11,14-16,22,27,32H,12H2,(H,30,33). The number of nitriles is 1. The van der Waals surface area contributed by atoms with Crippen molar-refractivity contribution in [1.82, 2.24) is 20.1 Å². The molecular weight excluding hydrogens is 416 g/mol. The molecule has 4 aromatic rings. The highest BCUT2D eigenvalue weighted by atomic mass is 16.3. The van der Waals surface area contributed by atoms with Gasteiger partial charge in [-0.3, -0.25) is 9.78 Å². The molecular formula is C25H20N6O2. The zero-order valence-electron chi connectivity index (χ0n) is 17.5. The number of phenolic OH excluding ortho intramolecular Hbond substituents is 1. The van der Waals surface area contributed by atoms with E-state index in [4.69, 9.17) is 5.41 Å². The summed E-state index contributed by atoms with van der Waals surface area (Å²) in [5.74, 6) is -0.386. The number of pyridine rings is 1. The van der Waals surface area contributed by atoms with Crippen LogP contribution in [0.1, 0.15) is 39.5 Å². The van der Waals surface area contributed by atoms with E-state index in [0.717, 1.165) is 0 Å². The molecule has 3 N–H and O–H groups in total. The molecule has 0 aliphatic heterocycles. The Morgan fingerprint density at radius 2 is 1.88 bits per heavy atom. The highest BCUT2D eigenvalue weighted by Gasteiger charge is 2.22. The predicted octanol–water partition coefficient (Wildman–Crippen LogP) is 3.77. The molecule has 1 amide bonds. The van der Waals surface area contributed by atoms with Crippen LogP contribution in [0.3, 0.4) is 0 Å². The van der Waals surface area contributed by atoms with Crippen molar-refractivity contribution in [3.05, 3.63) is 108 Å². The van der Waals surface area contributed by atoms with Crippen LogP contribution in [0.25, 0.3) is 5.69 Å². The van der Waals surface area contributed by atoms with Crippen molar-refractivity contribution in [2.45, 2.75) is 12.5 Å². The number of carbonyl (C=O) groups excluding carboxylic acids is 1. The molecule has 0 saturated heterocycles. The summed E-state index contributed by atoms with van der Waals surface area (Å²) in [6.45, 7) is 0. The monoisotopic (exact) mass is 436 g/mol. The summed E-state index contributed by atoms with van der Waals surface area (Å²) >= 11 is 0. The molecule has 2 aromatic heterocycles. The molecule has 33 heavy (non-hydrogen) atoms. The van der Waals surface area contributed by atoms with Gasteiger partial charge in [0.1, 0.15) is 11.8 Å². The maximum atomic E-state index is 13.1. The minimum Gasteiger partial charge on any atom is -0.508 e. The SMILES string of the molecule is N#Cc1ccccc1-n1cc(C(=O)NC(CC(=N)c2cccnc2)c2ccccc2O)cn1. The Morgan fingerprint density at radius 1 is 1.09 bits per heavy atom. The summed E-state index contributed by atoms with van der Waals surface area (Å²) in [6.07, 6.45) is 6.32. The van der Waals surface area contributed by atoms with Gasteiger partial charge >= 0.3 is 0 Å². The summed E-state index contributed by atoms with van der Waals surface area (Å²) in [5, 5.41) is 35.3. The fourth-order valence-corrected chi connectivity index (χ4v) is 3.47. The predicted molar refractivity (Wildman–Crippen MR) is 122 cm³/mol. The van der Waals surface area contributed by atoms with Crippen LogP contribution in [0.15, 0.2) is 85.5 Å². The molecule has 0 bridgehead atoms. The Hall–Kier alpha value is -4.77. The van der Waals surface area contributed by atoms with Gasteiger partial charge < -0.3 is 15.8 Å². The van der Waals surface area contributed by atoms with Gasteiger partial charge in [0.05, 0.1) is 29.1 Å². The van der Waals surface area contributed by atoms with Crippen molar-refractivity contribution in [2.24, 2.45) is 0 Å². The number of aromatic nitrogens is 3. The summed E-state index contributed by atoms with van der Waals surface area (Å²) in [7, 11) is 0. The second-order valence-corrected chi connectivity index (χ2v) is 7.31. The third-order valence-electron chi connectivity index (χ3n) is 5.15. The number of para-hydroxylation sites is 2. The molecule has 0 aliphatic rings. The first-order valence-corrected chi connectivity index (χ1v) is 10.2. The van der Waals surface area contributed by atoms with E-state index in [1.54, 1.807) is 79.3 Å². The largest absolute Gasteiger partial charge is 0.508 e. The number of carbonyl (C=O) groups is 1. The van der Waals surface area contributed by atoms with Crippen molar-refractivity contribution in [3.63, 3.8) is 0 Å². The maximum absolute atomic E-state index is 13.1. The van der Waals surface area contributed by atoms with Gasteiger partial charge in [0.2, 0.25) is 0 Å². The van der Waals surface area contributed by atoms with Gasteiger partial charge in [0.25, 0.3) is 5.91 Å². The second kappa shape index (κ2) is 9.58. The first-order valence-electron chi connectivity index (χ1n) is 10.2. The molecule has 0 saturated carbocycles. The zero-order valence-corrected chi connectivity index (χ0v) is 17.5. The number of rotatable bonds is 7. The number of benzene rings is 2. The number of aromatic hydroxyl groups is 1. The van der Waals surface area contributed by atoms with Crippen LogP contribution in [0.5, 0.6) is 5.75 Å². The molecule has 2 heterocycles. The molecule has 8 heteroatoms. The zero-order chi connectivity index (χ0) is 23.2. The highest BCUT2D eigenvalue weighted by Crippen LogP contribution is 2.27. The number of nitrogens with one attached hydrogen (secondary N) is 2. The summed E-state index contributed by atoms with van der Waals surface area (Å²) in [4.78, 5) is 17.1. The molecule has 0 fully saturated rings. The van der Waals surface area contributed by atoms with Gasteiger partial charge in [0, 0.05) is 41.8 Å². The van der Waals surface area contributed by atoms with E-state index in [1.165, 1.54) is 10.9 Å². The topological polar surface area (TPSA) is 128 Å². The lowest BCUT2D eigenvalue weighted by Gasteiger charge is -2.20. The minimum absolute atomic E-state index is 0.0282. The third kappa shape index (κ3) is 4.78. The van der Waals surface area contributed by atoms with Crippen LogP contribution in [-0.4, -0.2) is 31.5 Å². The lowest BCUT2D eigenvalue weighted by molar-refractivity contribution is 0.0937. The molecule has 4 rings (SSSR count). The van der Waals surface area contributed by atoms with Crippen molar-refractivity contribution in [2.75, 3.05) is 0 Å². The van der Waals surface area contributed by atoms with Crippen molar-refractivity contribution in [1.29, 1.82) is 10.7 Å². The van der Waals surface area contributed by atoms with Crippen LogP contribution in [0.4, 0.5) is 0 Å². The van der Waals surface area contributed by atoms with Crippen LogP contribution in [-0.2, 0) is 0 Å². The lowest BCUT2D eigenvalue weighted by atomic mass is 9.97. The molecule has 1 atom stereocenters. The first kappa shape index (κ1) is 21.5. The van der Waals surface area contributed by atoms with Crippen LogP contribution in [0, 0.1) is 16.7 Å². The van der Waals surface area contributed by atoms with Gasteiger partial charge in [0.15, 0.2) is 0 Å². The number of hydrogen-bond acceptors (Lipinski definition) is 6. The Bertz CT molecular complexity index is 1340. The Labute approximate surface area is 190 Å². The number of phenols is 1. The van der Waals surface area contributed by atoms with Crippen molar-refractivity contribution in [3.8, 4) is 17.5 Å². The quantitative estimate of drug-likeness (QED) is 0.380. The van der Waals surface area contributed by atoms with Crippen molar-refractivity contribution >= 4 is 11.6 Å². The summed E-state index contributed by atoms with van der Waals surface area (Å²) < 4.78 is 1.47. The van der Waals surface area contributed by atoms with Gasteiger partial charge in [-0.2, -0.15) is 10.4 Å². The van der Waals surface area contributed by atoms with E-state index in [-0.39, 0.29) is 23.4 Å². The maximum Gasteiger partial charge on any atom is 0.254 e. The smallest absolute Gasteiger partial charge is 0.254 e. The molecule has 2 aromatic carbocycles. The molecule has 0 radical (unpaired) electrons. The Balaban J connectivity index is 1.59. The number of nitrogens with zero attached hydrogens (tertiary/aromatic N) is 4. The van der Waals surface area contributed by atoms with Crippen LogP contribution in [0.2, 0.25) is 0 Å². The van der Waals surface area contributed by atoms with E-state index in [9.17, 15) is 15.2 Å². The second-order valence-electron chi connectivity index (χ2n) is 7.31. The average Bonchev–Trinajstić information content (AvgIpc) is 3.35. The van der Waals surface area contributed by atoms with Crippen molar-refractivity contribution < 1.29 is 9.90 Å².